The Hall–Kier alpha value is -3.33. The second kappa shape index (κ2) is 5.35. The summed E-state index contributed by atoms with van der Waals surface area (Å²) in [5.41, 5.74) is 3.00. The van der Waals surface area contributed by atoms with Gasteiger partial charge in [0.1, 0.15) is 6.04 Å². The highest BCUT2D eigenvalue weighted by Crippen LogP contribution is 2.46. The zero-order chi connectivity index (χ0) is 16.8. The smallest absolute Gasteiger partial charge is 0.231 e. The number of hydrogen-bond donors (Lipinski definition) is 0. The molecule has 0 fully saturated rings. The summed E-state index contributed by atoms with van der Waals surface area (Å²) in [5, 5.41) is 0. The summed E-state index contributed by atoms with van der Waals surface area (Å²) < 4.78 is 21.9. The predicted molar refractivity (Wildman–Crippen MR) is 91.6 cm³/mol. The molecule has 3 aliphatic heterocycles. The Morgan fingerprint density at radius 1 is 1.00 bits per heavy atom. The van der Waals surface area contributed by atoms with Gasteiger partial charge < -0.3 is 23.8 Å². The summed E-state index contributed by atoms with van der Waals surface area (Å²) in [6, 6.07) is 9.64. The van der Waals surface area contributed by atoms with Gasteiger partial charge in [-0.3, -0.25) is 4.99 Å². The molecule has 6 nitrogen and oxygen atoms in total. The van der Waals surface area contributed by atoms with Gasteiger partial charge >= 0.3 is 0 Å². The fraction of sp³-hybridized carbons (Fsp3) is 0.211. The lowest BCUT2D eigenvalue weighted by Crippen LogP contribution is -2.27. The Morgan fingerprint density at radius 3 is 2.52 bits per heavy atom. The van der Waals surface area contributed by atoms with Crippen molar-refractivity contribution in [3.63, 3.8) is 0 Å². The fourth-order valence-electron chi connectivity index (χ4n) is 3.28. The average Bonchev–Trinajstić information content (AvgIpc) is 3.28. The van der Waals surface area contributed by atoms with E-state index in [-0.39, 0.29) is 19.6 Å². The van der Waals surface area contributed by atoms with Crippen LogP contribution in [0.2, 0.25) is 0 Å². The van der Waals surface area contributed by atoms with Crippen molar-refractivity contribution >= 4 is 12.0 Å². The second-order valence-electron chi connectivity index (χ2n) is 5.88. The molecule has 0 bridgehead atoms. The highest BCUT2D eigenvalue weighted by molar-refractivity contribution is 5.86. The number of rotatable bonds is 2. The number of hydrogen-bond acceptors (Lipinski definition) is 6. The van der Waals surface area contributed by atoms with Crippen molar-refractivity contribution in [1.82, 2.24) is 0 Å². The van der Waals surface area contributed by atoms with Crippen molar-refractivity contribution in [2.24, 2.45) is 4.99 Å². The van der Waals surface area contributed by atoms with Crippen LogP contribution in [0.15, 0.2) is 35.3 Å². The van der Waals surface area contributed by atoms with Crippen molar-refractivity contribution in [3.8, 4) is 35.3 Å². The maximum atomic E-state index is 5.54. The first-order valence-corrected chi connectivity index (χ1v) is 7.90. The summed E-state index contributed by atoms with van der Waals surface area (Å²) >= 11 is 0. The molecule has 3 heterocycles. The molecule has 0 spiro atoms. The fourth-order valence-corrected chi connectivity index (χ4v) is 3.28. The van der Waals surface area contributed by atoms with Gasteiger partial charge in [-0.25, -0.2) is 0 Å². The molecular formula is C19H14N2O4. The molecule has 2 aromatic carbocycles. The normalized spacial score (nSPS) is 18.8. The molecule has 5 rings (SSSR count). The maximum Gasteiger partial charge on any atom is 0.231 e. The van der Waals surface area contributed by atoms with E-state index in [4.69, 9.17) is 30.4 Å². The largest absolute Gasteiger partial charge is 0.454 e. The summed E-state index contributed by atoms with van der Waals surface area (Å²) in [7, 11) is 0. The number of ether oxygens (including phenoxy) is 4. The molecule has 0 aliphatic carbocycles. The minimum absolute atomic E-state index is 0.173. The van der Waals surface area contributed by atoms with E-state index in [1.807, 2.05) is 35.2 Å². The summed E-state index contributed by atoms with van der Waals surface area (Å²) in [4.78, 5) is 6.64. The summed E-state index contributed by atoms with van der Waals surface area (Å²) in [6.45, 7) is 0.908. The summed E-state index contributed by atoms with van der Waals surface area (Å²) in [5.74, 6) is 5.60. The Bertz CT molecular complexity index is 932. The molecule has 0 saturated carbocycles. The topological polar surface area (TPSA) is 52.5 Å². The van der Waals surface area contributed by atoms with E-state index < -0.39 is 0 Å². The van der Waals surface area contributed by atoms with Crippen molar-refractivity contribution in [2.75, 3.05) is 25.0 Å². The third-order valence-electron chi connectivity index (χ3n) is 4.46. The number of nitrogens with zero attached hydrogens (tertiary/aromatic N) is 2. The van der Waals surface area contributed by atoms with Crippen LogP contribution >= 0.6 is 0 Å². The summed E-state index contributed by atoms with van der Waals surface area (Å²) in [6.07, 6.45) is 7.27. The quantitative estimate of drug-likeness (QED) is 0.791. The molecule has 1 unspecified atom stereocenters. The third kappa shape index (κ3) is 2.17. The van der Waals surface area contributed by atoms with E-state index in [1.54, 1.807) is 6.34 Å². The van der Waals surface area contributed by atoms with Gasteiger partial charge in [0.25, 0.3) is 0 Å². The van der Waals surface area contributed by atoms with E-state index in [0.29, 0.717) is 6.54 Å². The van der Waals surface area contributed by atoms with Crippen LogP contribution in [-0.2, 0) is 0 Å². The van der Waals surface area contributed by atoms with Gasteiger partial charge in [0.05, 0.1) is 18.6 Å². The Labute approximate surface area is 144 Å². The number of fused-ring (bicyclic) bond motifs is 3. The first-order chi connectivity index (χ1) is 12.3. The molecule has 1 atom stereocenters. The molecule has 0 N–H and O–H groups in total. The monoisotopic (exact) mass is 334 g/mol. The van der Waals surface area contributed by atoms with Gasteiger partial charge in [-0.05, 0) is 23.8 Å². The average molecular weight is 334 g/mol. The van der Waals surface area contributed by atoms with Gasteiger partial charge in [-0.2, -0.15) is 0 Å². The molecule has 0 saturated heterocycles. The van der Waals surface area contributed by atoms with Gasteiger partial charge in [0, 0.05) is 11.6 Å². The van der Waals surface area contributed by atoms with Gasteiger partial charge in [-0.1, -0.05) is 12.0 Å². The Balaban J connectivity index is 1.63. The van der Waals surface area contributed by atoms with Crippen LogP contribution in [0, 0.1) is 12.3 Å². The Morgan fingerprint density at radius 2 is 1.72 bits per heavy atom. The van der Waals surface area contributed by atoms with Crippen LogP contribution in [0.1, 0.15) is 17.2 Å². The number of benzene rings is 2. The van der Waals surface area contributed by atoms with E-state index in [1.165, 1.54) is 0 Å². The van der Waals surface area contributed by atoms with Gasteiger partial charge in [-0.15, -0.1) is 6.42 Å². The lowest BCUT2D eigenvalue weighted by atomic mass is 9.95. The SMILES string of the molecule is C#CCN1C=NC(c2ccc3c(c2)OCO3)c2cc3c(cc21)OCO3. The maximum absolute atomic E-state index is 5.54. The minimum Gasteiger partial charge on any atom is -0.454 e. The highest BCUT2D eigenvalue weighted by Gasteiger charge is 2.29. The van der Waals surface area contributed by atoms with Crippen LogP contribution in [-0.4, -0.2) is 26.5 Å². The van der Waals surface area contributed by atoms with Crippen LogP contribution in [0.25, 0.3) is 0 Å². The molecule has 124 valence electrons. The Kier molecular flexibility index (Phi) is 3.01. The molecule has 0 radical (unpaired) electrons. The first-order valence-electron chi connectivity index (χ1n) is 7.90. The molecule has 25 heavy (non-hydrogen) atoms. The van der Waals surface area contributed by atoms with Crippen LogP contribution in [0.5, 0.6) is 23.0 Å². The lowest BCUT2D eigenvalue weighted by molar-refractivity contribution is 0.173. The zero-order valence-electron chi connectivity index (χ0n) is 13.3. The standard InChI is InChI=1S/C19H14N2O4/c1-2-5-21-9-20-19(12-3-4-15-16(6-12)23-10-22-15)13-7-17-18(8-14(13)21)25-11-24-17/h1,3-4,6-9,19H,5,10-11H2. The van der Waals surface area contributed by atoms with Crippen molar-refractivity contribution < 1.29 is 18.9 Å². The molecule has 0 aromatic heterocycles. The molecule has 3 aliphatic rings. The molecular weight excluding hydrogens is 320 g/mol. The van der Waals surface area contributed by atoms with Crippen molar-refractivity contribution in [3.05, 3.63) is 41.5 Å². The van der Waals surface area contributed by atoms with Crippen LogP contribution in [0.4, 0.5) is 5.69 Å². The minimum atomic E-state index is -0.173. The number of aliphatic imine (C=N–C) groups is 1. The highest BCUT2D eigenvalue weighted by atomic mass is 16.7. The van der Waals surface area contributed by atoms with E-state index in [0.717, 1.165) is 39.8 Å². The van der Waals surface area contributed by atoms with E-state index in [2.05, 4.69) is 5.92 Å². The van der Waals surface area contributed by atoms with E-state index in [9.17, 15) is 0 Å². The second-order valence-corrected chi connectivity index (χ2v) is 5.88. The molecule has 0 amide bonds. The van der Waals surface area contributed by atoms with Crippen LogP contribution < -0.4 is 23.8 Å². The van der Waals surface area contributed by atoms with Crippen molar-refractivity contribution in [1.29, 1.82) is 0 Å². The number of anilines is 1. The zero-order valence-corrected chi connectivity index (χ0v) is 13.3. The number of terminal acetylenes is 1. The third-order valence-corrected chi connectivity index (χ3v) is 4.46. The first kappa shape index (κ1) is 14.1. The molecule has 2 aromatic rings. The molecule has 6 heteroatoms. The van der Waals surface area contributed by atoms with Crippen molar-refractivity contribution in [2.45, 2.75) is 6.04 Å². The van der Waals surface area contributed by atoms with Gasteiger partial charge in [0.2, 0.25) is 13.6 Å². The van der Waals surface area contributed by atoms with Crippen LogP contribution in [0.3, 0.4) is 0 Å². The predicted octanol–water partition coefficient (Wildman–Crippen LogP) is 2.71. The lowest BCUT2D eigenvalue weighted by Gasteiger charge is -2.29. The van der Waals surface area contributed by atoms with Gasteiger partial charge in [0.15, 0.2) is 23.0 Å². The van der Waals surface area contributed by atoms with E-state index >= 15 is 0 Å².